The largest absolute Gasteiger partial charge is 0.353 e. The molecule has 0 radical (unpaired) electrons. The van der Waals surface area contributed by atoms with E-state index in [1.165, 1.54) is 0 Å². The Labute approximate surface area is 189 Å². The summed E-state index contributed by atoms with van der Waals surface area (Å²) in [5.74, 6) is -0.0607. The molecule has 0 aliphatic carbocycles. The molecule has 0 bridgehead atoms. The summed E-state index contributed by atoms with van der Waals surface area (Å²) < 4.78 is 0. The Morgan fingerprint density at radius 3 is 2.53 bits per heavy atom. The van der Waals surface area contributed by atoms with Crippen LogP contribution in [0.3, 0.4) is 0 Å². The Hall–Kier alpha value is -3.47. The maximum atomic E-state index is 13.4. The van der Waals surface area contributed by atoms with Gasteiger partial charge in [-0.25, -0.2) is 0 Å². The van der Waals surface area contributed by atoms with Crippen LogP contribution < -0.4 is 5.32 Å². The Kier molecular flexibility index (Phi) is 6.35. The normalized spacial score (nSPS) is 18.0. The first-order valence-corrected chi connectivity index (χ1v) is 11.1. The number of carbonyl (C=O) groups is 2. The van der Waals surface area contributed by atoms with E-state index in [-0.39, 0.29) is 17.9 Å². The number of likely N-dealkylation sites (tertiary alicyclic amines) is 1. The molecule has 5 heteroatoms. The molecule has 2 heterocycles. The molecule has 5 nitrogen and oxygen atoms in total. The van der Waals surface area contributed by atoms with Crippen molar-refractivity contribution in [3.63, 3.8) is 0 Å². The number of hydrogen-bond acceptors (Lipinski definition) is 3. The third-order valence-electron chi connectivity index (χ3n) is 6.03. The quantitative estimate of drug-likeness (QED) is 0.636. The number of pyridine rings is 1. The summed E-state index contributed by atoms with van der Waals surface area (Å²) in [6.07, 6.45) is 4.46. The monoisotopic (exact) mass is 427 g/mol. The van der Waals surface area contributed by atoms with Crippen LogP contribution in [0.4, 0.5) is 0 Å². The fourth-order valence-corrected chi connectivity index (χ4v) is 4.43. The predicted molar refractivity (Wildman–Crippen MR) is 126 cm³/mol. The third kappa shape index (κ3) is 4.72. The van der Waals surface area contributed by atoms with Crippen molar-refractivity contribution in [3.05, 3.63) is 90.3 Å². The number of hydrogen-bond donors (Lipinski definition) is 1. The summed E-state index contributed by atoms with van der Waals surface area (Å²) in [4.78, 5) is 32.3. The first-order chi connectivity index (χ1) is 15.5. The average Bonchev–Trinajstić information content (AvgIpc) is 3.25. The summed E-state index contributed by atoms with van der Waals surface area (Å²) in [6, 6.07) is 22.2. The second-order valence-corrected chi connectivity index (χ2v) is 8.87. The van der Waals surface area contributed by atoms with Gasteiger partial charge in [0, 0.05) is 31.5 Å². The lowest BCUT2D eigenvalue weighted by atomic mass is 9.79. The van der Waals surface area contributed by atoms with Crippen LogP contribution in [0.25, 0.3) is 11.1 Å². The fraction of sp³-hybridized carbons (Fsp3) is 0.296. The van der Waals surface area contributed by atoms with Gasteiger partial charge in [0.05, 0.1) is 11.0 Å². The van der Waals surface area contributed by atoms with Crippen molar-refractivity contribution in [2.45, 2.75) is 32.7 Å². The van der Waals surface area contributed by atoms with Crippen LogP contribution in [0.2, 0.25) is 0 Å². The van der Waals surface area contributed by atoms with Gasteiger partial charge in [-0.3, -0.25) is 14.6 Å². The highest BCUT2D eigenvalue weighted by molar-refractivity contribution is 5.95. The lowest BCUT2D eigenvalue weighted by Gasteiger charge is -2.29. The molecule has 0 spiro atoms. The molecular weight excluding hydrogens is 398 g/mol. The van der Waals surface area contributed by atoms with Crippen LogP contribution in [-0.4, -0.2) is 40.8 Å². The molecule has 3 aromatic rings. The van der Waals surface area contributed by atoms with Crippen LogP contribution in [0.15, 0.2) is 79.1 Å². The average molecular weight is 428 g/mol. The first-order valence-electron chi connectivity index (χ1n) is 11.1. The molecule has 164 valence electrons. The molecule has 4 rings (SSSR count). The van der Waals surface area contributed by atoms with Crippen molar-refractivity contribution in [2.24, 2.45) is 5.41 Å². The van der Waals surface area contributed by atoms with E-state index < -0.39 is 5.41 Å². The summed E-state index contributed by atoms with van der Waals surface area (Å²) in [5.41, 5.74) is 3.27. The zero-order chi connectivity index (χ0) is 22.6. The molecule has 1 fully saturated rings. The molecule has 1 saturated heterocycles. The second kappa shape index (κ2) is 9.35. The molecule has 32 heavy (non-hydrogen) atoms. The van der Waals surface area contributed by atoms with Crippen molar-refractivity contribution in [1.82, 2.24) is 15.2 Å². The molecule has 0 saturated carbocycles. The van der Waals surface area contributed by atoms with E-state index in [9.17, 15) is 9.59 Å². The van der Waals surface area contributed by atoms with E-state index in [1.807, 2.05) is 38.1 Å². The van der Waals surface area contributed by atoms with Crippen molar-refractivity contribution >= 4 is 11.8 Å². The van der Waals surface area contributed by atoms with Gasteiger partial charge >= 0.3 is 0 Å². The van der Waals surface area contributed by atoms with Crippen LogP contribution in [0.5, 0.6) is 0 Å². The summed E-state index contributed by atoms with van der Waals surface area (Å²) in [7, 11) is 0. The van der Waals surface area contributed by atoms with Gasteiger partial charge in [0.15, 0.2) is 0 Å². The molecule has 1 aliphatic heterocycles. The van der Waals surface area contributed by atoms with Gasteiger partial charge in [-0.15, -0.1) is 0 Å². The van der Waals surface area contributed by atoms with Crippen LogP contribution >= 0.6 is 0 Å². The number of nitrogens with one attached hydrogen (secondary N) is 1. The van der Waals surface area contributed by atoms with Gasteiger partial charge in [0.1, 0.15) is 0 Å². The molecular formula is C27H29N3O2. The van der Waals surface area contributed by atoms with Crippen LogP contribution in [0, 0.1) is 5.41 Å². The third-order valence-corrected chi connectivity index (χ3v) is 6.03. The van der Waals surface area contributed by atoms with Gasteiger partial charge in [-0.05, 0) is 55.5 Å². The number of rotatable bonds is 6. The van der Waals surface area contributed by atoms with E-state index in [0.717, 1.165) is 16.7 Å². The van der Waals surface area contributed by atoms with Crippen molar-refractivity contribution < 1.29 is 9.59 Å². The minimum atomic E-state index is -0.655. The molecule has 1 aliphatic rings. The maximum absolute atomic E-state index is 13.4. The van der Waals surface area contributed by atoms with Crippen molar-refractivity contribution in [3.8, 4) is 11.1 Å². The maximum Gasteiger partial charge on any atom is 0.255 e. The molecule has 0 unspecified atom stereocenters. The standard InChI is InChI=1S/C27H29N3O2/c1-20(2)29-26(32)27(13-15-30(19-27)25(31)24-12-7-14-28-18-24)17-21-8-6-11-23(16-21)22-9-4-3-5-10-22/h3-12,14,16,18,20H,13,15,17,19H2,1-2H3,(H,29,32)/t27-/m0/s1. The minimum Gasteiger partial charge on any atom is -0.353 e. The Bertz CT molecular complexity index is 1080. The van der Waals surface area contributed by atoms with Gasteiger partial charge in [0.25, 0.3) is 5.91 Å². The van der Waals surface area contributed by atoms with E-state index in [2.05, 4.69) is 40.6 Å². The zero-order valence-electron chi connectivity index (χ0n) is 18.6. The lowest BCUT2D eigenvalue weighted by Crippen LogP contribution is -2.47. The van der Waals surface area contributed by atoms with Crippen LogP contribution in [-0.2, 0) is 11.2 Å². The van der Waals surface area contributed by atoms with E-state index in [0.29, 0.717) is 31.5 Å². The Morgan fingerprint density at radius 2 is 1.81 bits per heavy atom. The first kappa shape index (κ1) is 21.8. The molecule has 1 N–H and O–H groups in total. The zero-order valence-corrected chi connectivity index (χ0v) is 18.6. The van der Waals surface area contributed by atoms with Gasteiger partial charge in [-0.2, -0.15) is 0 Å². The summed E-state index contributed by atoms with van der Waals surface area (Å²) in [5, 5.41) is 3.10. The minimum absolute atomic E-state index is 0.0131. The van der Waals surface area contributed by atoms with E-state index in [1.54, 1.807) is 29.4 Å². The predicted octanol–water partition coefficient (Wildman–Crippen LogP) is 4.35. The Balaban J connectivity index is 1.61. The fourth-order valence-electron chi connectivity index (χ4n) is 4.43. The molecule has 2 aromatic carbocycles. The van der Waals surface area contributed by atoms with Gasteiger partial charge < -0.3 is 10.2 Å². The van der Waals surface area contributed by atoms with E-state index in [4.69, 9.17) is 0 Å². The molecule has 1 atom stereocenters. The number of benzene rings is 2. The van der Waals surface area contributed by atoms with Crippen LogP contribution in [0.1, 0.15) is 36.2 Å². The number of carbonyl (C=O) groups excluding carboxylic acids is 2. The smallest absolute Gasteiger partial charge is 0.255 e. The summed E-state index contributed by atoms with van der Waals surface area (Å²) >= 11 is 0. The van der Waals surface area contributed by atoms with Gasteiger partial charge in [0.2, 0.25) is 5.91 Å². The molecule has 1 aromatic heterocycles. The van der Waals surface area contributed by atoms with E-state index >= 15 is 0 Å². The van der Waals surface area contributed by atoms with Crippen molar-refractivity contribution in [1.29, 1.82) is 0 Å². The topological polar surface area (TPSA) is 62.3 Å². The highest BCUT2D eigenvalue weighted by atomic mass is 16.2. The van der Waals surface area contributed by atoms with Gasteiger partial charge in [-0.1, -0.05) is 54.6 Å². The summed E-state index contributed by atoms with van der Waals surface area (Å²) in [6.45, 7) is 4.89. The SMILES string of the molecule is CC(C)NC(=O)[C@]1(Cc2cccc(-c3ccccc3)c2)CCN(C(=O)c2cccnc2)C1. The number of amides is 2. The van der Waals surface area contributed by atoms with Crippen molar-refractivity contribution in [2.75, 3.05) is 13.1 Å². The lowest BCUT2D eigenvalue weighted by molar-refractivity contribution is -0.130. The second-order valence-electron chi connectivity index (χ2n) is 8.87. The Morgan fingerprint density at radius 1 is 1.03 bits per heavy atom. The molecule has 2 amide bonds. The highest BCUT2D eigenvalue weighted by Crippen LogP contribution is 2.36. The number of aromatic nitrogens is 1. The highest BCUT2D eigenvalue weighted by Gasteiger charge is 2.46. The number of nitrogens with zero attached hydrogens (tertiary/aromatic N) is 2.